The van der Waals surface area contributed by atoms with Crippen molar-refractivity contribution >= 4 is 23.2 Å². The van der Waals surface area contributed by atoms with Gasteiger partial charge in [0.15, 0.2) is 0 Å². The Balaban J connectivity index is 2.91. The van der Waals surface area contributed by atoms with Crippen LogP contribution in [0, 0.1) is 10.1 Å². The van der Waals surface area contributed by atoms with Crippen molar-refractivity contribution in [2.24, 2.45) is 0 Å². The van der Waals surface area contributed by atoms with Crippen LogP contribution in [0.25, 0.3) is 0 Å². The second kappa shape index (κ2) is 6.49. The number of nitro groups is 1. The highest BCUT2D eigenvalue weighted by Crippen LogP contribution is 2.23. The average molecular weight is 287 g/mol. The fourth-order valence-corrected chi connectivity index (χ4v) is 1.89. The highest BCUT2D eigenvalue weighted by atomic mass is 35.5. The summed E-state index contributed by atoms with van der Waals surface area (Å²) in [5, 5.41) is 22.9. The van der Waals surface area contributed by atoms with Crippen molar-refractivity contribution in [1.82, 2.24) is 5.32 Å². The van der Waals surface area contributed by atoms with E-state index >= 15 is 0 Å². The number of nitro benzene ring substituents is 1. The van der Waals surface area contributed by atoms with Gasteiger partial charge < -0.3 is 10.4 Å². The van der Waals surface area contributed by atoms with Gasteiger partial charge in [0.25, 0.3) is 11.6 Å². The summed E-state index contributed by atoms with van der Waals surface area (Å²) in [6.07, 6.45) is -0.192. The Morgan fingerprint density at radius 2 is 2.16 bits per heavy atom. The number of carbonyl (C=O) groups excluding carboxylic acids is 1. The Bertz CT molecular complexity index is 491. The molecule has 19 heavy (non-hydrogen) atoms. The Labute approximate surface area is 115 Å². The zero-order valence-corrected chi connectivity index (χ0v) is 11.3. The van der Waals surface area contributed by atoms with Crippen molar-refractivity contribution in [3.05, 3.63) is 38.9 Å². The van der Waals surface area contributed by atoms with Crippen LogP contribution in [0.1, 0.15) is 30.6 Å². The molecule has 104 valence electrons. The van der Waals surface area contributed by atoms with E-state index in [-0.39, 0.29) is 22.3 Å². The van der Waals surface area contributed by atoms with Crippen LogP contribution >= 0.6 is 11.6 Å². The highest BCUT2D eigenvalue weighted by Gasteiger charge is 2.21. The molecule has 0 aliphatic rings. The number of aliphatic hydroxyl groups is 1. The van der Waals surface area contributed by atoms with E-state index in [0.29, 0.717) is 6.42 Å². The van der Waals surface area contributed by atoms with Crippen molar-refractivity contribution in [1.29, 1.82) is 0 Å². The largest absolute Gasteiger partial charge is 0.393 e. The van der Waals surface area contributed by atoms with E-state index in [9.17, 15) is 20.0 Å². The molecule has 2 N–H and O–H groups in total. The van der Waals surface area contributed by atoms with Gasteiger partial charge in [-0.25, -0.2) is 0 Å². The molecule has 1 amide bonds. The fourth-order valence-electron chi connectivity index (χ4n) is 1.72. The van der Waals surface area contributed by atoms with Crippen LogP contribution in [0.5, 0.6) is 0 Å². The van der Waals surface area contributed by atoms with E-state index in [1.54, 1.807) is 13.8 Å². The molecule has 6 nitrogen and oxygen atoms in total. The summed E-state index contributed by atoms with van der Waals surface area (Å²) >= 11 is 5.67. The number of aliphatic hydroxyl groups excluding tert-OH is 1. The van der Waals surface area contributed by atoms with Crippen LogP contribution in [-0.4, -0.2) is 28.1 Å². The Morgan fingerprint density at radius 3 is 2.68 bits per heavy atom. The van der Waals surface area contributed by atoms with E-state index in [4.69, 9.17) is 11.6 Å². The minimum atomic E-state index is -0.653. The van der Waals surface area contributed by atoms with Crippen molar-refractivity contribution in [2.75, 3.05) is 0 Å². The summed E-state index contributed by atoms with van der Waals surface area (Å²) in [5.41, 5.74) is -0.388. The van der Waals surface area contributed by atoms with Gasteiger partial charge in [-0.1, -0.05) is 11.6 Å². The molecule has 0 saturated carbocycles. The molecule has 0 heterocycles. The number of carbonyl (C=O) groups is 1. The predicted molar refractivity (Wildman–Crippen MR) is 71.3 cm³/mol. The molecule has 2 atom stereocenters. The number of halogens is 1. The van der Waals surface area contributed by atoms with Crippen LogP contribution in [0.4, 0.5) is 5.69 Å². The van der Waals surface area contributed by atoms with E-state index in [0.717, 1.165) is 6.07 Å². The van der Waals surface area contributed by atoms with Gasteiger partial charge >= 0.3 is 0 Å². The van der Waals surface area contributed by atoms with Gasteiger partial charge in [-0.05, 0) is 32.4 Å². The van der Waals surface area contributed by atoms with Crippen molar-refractivity contribution in [3.8, 4) is 0 Å². The van der Waals surface area contributed by atoms with Crippen LogP contribution in [0.15, 0.2) is 18.2 Å². The normalized spacial score (nSPS) is 13.7. The van der Waals surface area contributed by atoms with Crippen molar-refractivity contribution in [3.63, 3.8) is 0 Å². The zero-order valence-electron chi connectivity index (χ0n) is 10.6. The van der Waals surface area contributed by atoms with Crippen LogP contribution < -0.4 is 5.32 Å². The average Bonchev–Trinajstić information content (AvgIpc) is 2.27. The lowest BCUT2D eigenvalue weighted by molar-refractivity contribution is -0.385. The minimum Gasteiger partial charge on any atom is -0.393 e. The molecule has 1 rings (SSSR count). The third-order valence-electron chi connectivity index (χ3n) is 2.47. The predicted octanol–water partition coefficient (Wildman–Crippen LogP) is 2.14. The number of nitrogens with one attached hydrogen (secondary N) is 1. The Kier molecular flexibility index (Phi) is 5.26. The second-order valence-corrected chi connectivity index (χ2v) is 4.81. The molecule has 0 spiro atoms. The first-order chi connectivity index (χ1) is 8.81. The lowest BCUT2D eigenvalue weighted by atomic mass is 10.1. The molecule has 0 aliphatic heterocycles. The molecule has 1 aromatic rings. The second-order valence-electron chi connectivity index (χ2n) is 4.38. The molecule has 2 unspecified atom stereocenters. The summed E-state index contributed by atoms with van der Waals surface area (Å²) in [4.78, 5) is 22.1. The van der Waals surface area contributed by atoms with E-state index in [1.807, 2.05) is 0 Å². The first-order valence-electron chi connectivity index (χ1n) is 5.74. The maximum Gasteiger partial charge on any atom is 0.283 e. The molecule has 7 heteroatoms. The monoisotopic (exact) mass is 286 g/mol. The molecule has 0 aromatic heterocycles. The van der Waals surface area contributed by atoms with Crippen molar-refractivity contribution in [2.45, 2.75) is 32.4 Å². The van der Waals surface area contributed by atoms with Gasteiger partial charge in [0, 0.05) is 17.1 Å². The molecule has 1 aromatic carbocycles. The number of rotatable bonds is 5. The SMILES string of the molecule is CC(O)CC(C)NC(=O)c1ccc(Cl)cc1[N+](=O)[O-]. The molecular weight excluding hydrogens is 272 g/mol. The number of benzene rings is 1. The number of amides is 1. The molecular formula is C12H15ClN2O4. The molecule has 0 fully saturated rings. The lowest BCUT2D eigenvalue weighted by Gasteiger charge is -2.15. The molecule has 0 bridgehead atoms. The summed E-state index contributed by atoms with van der Waals surface area (Å²) in [6.45, 7) is 3.32. The van der Waals surface area contributed by atoms with Crippen LogP contribution in [0.2, 0.25) is 5.02 Å². The summed E-state index contributed by atoms with van der Waals surface area (Å²) in [6, 6.07) is 3.58. The zero-order chi connectivity index (χ0) is 14.6. The van der Waals surface area contributed by atoms with E-state index in [2.05, 4.69) is 5.32 Å². The lowest BCUT2D eigenvalue weighted by Crippen LogP contribution is -2.34. The molecule has 0 aliphatic carbocycles. The number of nitrogens with zero attached hydrogens (tertiary/aromatic N) is 1. The summed E-state index contributed by atoms with van der Waals surface area (Å²) in [7, 11) is 0. The van der Waals surface area contributed by atoms with Crippen molar-refractivity contribution < 1.29 is 14.8 Å². The van der Waals surface area contributed by atoms with Gasteiger partial charge in [-0.15, -0.1) is 0 Å². The van der Waals surface area contributed by atoms with Gasteiger partial charge in [0.2, 0.25) is 0 Å². The van der Waals surface area contributed by atoms with Crippen LogP contribution in [-0.2, 0) is 0 Å². The van der Waals surface area contributed by atoms with Gasteiger partial charge in [-0.3, -0.25) is 14.9 Å². The molecule has 0 radical (unpaired) electrons. The standard InChI is InChI=1S/C12H15ClN2O4/c1-7(5-8(2)16)14-12(17)10-4-3-9(13)6-11(10)15(18)19/h3-4,6-8,16H,5H2,1-2H3,(H,14,17). The van der Waals surface area contributed by atoms with E-state index < -0.39 is 16.9 Å². The van der Waals surface area contributed by atoms with Gasteiger partial charge in [-0.2, -0.15) is 0 Å². The highest BCUT2D eigenvalue weighted by molar-refractivity contribution is 6.31. The first kappa shape index (κ1) is 15.4. The maximum absolute atomic E-state index is 11.9. The number of hydrogen-bond acceptors (Lipinski definition) is 4. The third kappa shape index (κ3) is 4.50. The first-order valence-corrected chi connectivity index (χ1v) is 6.12. The fraction of sp³-hybridized carbons (Fsp3) is 0.417. The van der Waals surface area contributed by atoms with E-state index in [1.165, 1.54) is 12.1 Å². The Morgan fingerprint density at radius 1 is 1.53 bits per heavy atom. The molecule has 0 saturated heterocycles. The Hall–Kier alpha value is -1.66. The summed E-state index contributed by atoms with van der Waals surface area (Å²) in [5.74, 6) is -0.559. The van der Waals surface area contributed by atoms with Gasteiger partial charge in [0.05, 0.1) is 11.0 Å². The quantitative estimate of drug-likeness (QED) is 0.640. The van der Waals surface area contributed by atoms with Gasteiger partial charge in [0.1, 0.15) is 5.56 Å². The number of hydrogen-bond donors (Lipinski definition) is 2. The topological polar surface area (TPSA) is 92.5 Å². The third-order valence-corrected chi connectivity index (χ3v) is 2.71. The maximum atomic E-state index is 11.9. The smallest absolute Gasteiger partial charge is 0.283 e. The summed E-state index contributed by atoms with van der Waals surface area (Å²) < 4.78 is 0. The van der Waals surface area contributed by atoms with Crippen LogP contribution in [0.3, 0.4) is 0 Å². The minimum absolute atomic E-state index is 0.0492.